The number of rotatable bonds is 3. The molecule has 2 N–H and O–H groups in total. The molecule has 1 fully saturated rings. The topological polar surface area (TPSA) is 69.6 Å². The van der Waals surface area contributed by atoms with Crippen LogP contribution in [-0.2, 0) is 24.2 Å². The third-order valence-electron chi connectivity index (χ3n) is 5.68. The summed E-state index contributed by atoms with van der Waals surface area (Å²) >= 11 is 5.96. The van der Waals surface area contributed by atoms with Crippen molar-refractivity contribution in [3.05, 3.63) is 69.7 Å². The van der Waals surface area contributed by atoms with Gasteiger partial charge in [-0.2, -0.15) is 0 Å². The van der Waals surface area contributed by atoms with Gasteiger partial charge in [0.15, 0.2) is 0 Å². The van der Waals surface area contributed by atoms with Crippen LogP contribution in [0, 0.1) is 5.41 Å². The first-order valence-corrected chi connectivity index (χ1v) is 9.50. The summed E-state index contributed by atoms with van der Waals surface area (Å²) in [6.07, 6.45) is 3.17. The van der Waals surface area contributed by atoms with Crippen LogP contribution >= 0.6 is 11.6 Å². The zero-order chi connectivity index (χ0) is 19.0. The molecule has 0 bridgehead atoms. The minimum absolute atomic E-state index is 0.0584. The monoisotopic (exact) mass is 384 g/mol. The number of benzene rings is 2. The molecule has 1 saturated heterocycles. The molecule has 2 aromatic carbocycles. The van der Waals surface area contributed by atoms with Crippen molar-refractivity contribution in [2.45, 2.75) is 32.2 Å². The van der Waals surface area contributed by atoms with E-state index in [9.17, 15) is 14.8 Å². The van der Waals surface area contributed by atoms with Gasteiger partial charge in [0.1, 0.15) is 0 Å². The third-order valence-corrected chi connectivity index (χ3v) is 5.92. The van der Waals surface area contributed by atoms with Gasteiger partial charge in [0.2, 0.25) is 5.91 Å². The van der Waals surface area contributed by atoms with Crippen LogP contribution in [0.15, 0.2) is 42.5 Å². The molecular weight excluding hydrogens is 364 g/mol. The summed E-state index contributed by atoms with van der Waals surface area (Å²) in [4.78, 5) is 24.9. The second-order valence-electron chi connectivity index (χ2n) is 7.44. The van der Waals surface area contributed by atoms with Crippen molar-refractivity contribution in [3.63, 3.8) is 0 Å². The largest absolute Gasteiger partial charge is 0.356 e. The van der Waals surface area contributed by atoms with E-state index in [2.05, 4.69) is 5.32 Å². The molecule has 0 unspecified atom stereocenters. The fourth-order valence-corrected chi connectivity index (χ4v) is 4.36. The van der Waals surface area contributed by atoms with E-state index in [1.165, 1.54) is 5.56 Å². The first-order chi connectivity index (χ1) is 13.0. The molecule has 1 heterocycles. The molecule has 2 amide bonds. The van der Waals surface area contributed by atoms with Gasteiger partial charge in [-0.15, -0.1) is 0 Å². The second kappa shape index (κ2) is 6.98. The van der Waals surface area contributed by atoms with Gasteiger partial charge in [0.05, 0.1) is 12.0 Å². The molecule has 5 nitrogen and oxygen atoms in total. The molecule has 0 saturated carbocycles. The first-order valence-electron chi connectivity index (χ1n) is 9.12. The predicted octanol–water partition coefficient (Wildman–Crippen LogP) is 3.37. The molecule has 140 valence electrons. The van der Waals surface area contributed by atoms with Crippen molar-refractivity contribution in [2.75, 3.05) is 6.54 Å². The number of carbonyl (C=O) groups excluding carboxylic acids is 2. The summed E-state index contributed by atoms with van der Waals surface area (Å²) in [5.74, 6) is -0.345. The standard InChI is InChI=1S/C21H21ClN2O3/c22-18-3-1-2-14(10-18)13-24(27)19(25)16-5-4-15-6-7-21(12-17(15)11-16)8-9-23-20(21)26/h1-5,10-11,27H,6-9,12-13H2,(H,23,26)/t21-/m0/s1. The van der Waals surface area contributed by atoms with Crippen LogP contribution in [0.25, 0.3) is 0 Å². The van der Waals surface area contributed by atoms with Crippen molar-refractivity contribution < 1.29 is 14.8 Å². The van der Waals surface area contributed by atoms with Crippen LogP contribution < -0.4 is 5.32 Å². The molecular formula is C21H21ClN2O3. The highest BCUT2D eigenvalue weighted by Crippen LogP contribution is 2.41. The van der Waals surface area contributed by atoms with E-state index in [0.29, 0.717) is 22.1 Å². The van der Waals surface area contributed by atoms with Crippen molar-refractivity contribution in [1.82, 2.24) is 10.4 Å². The van der Waals surface area contributed by atoms with Crippen LogP contribution in [0.2, 0.25) is 5.02 Å². The number of nitrogens with one attached hydrogen (secondary N) is 1. The highest BCUT2D eigenvalue weighted by Gasteiger charge is 2.44. The molecule has 6 heteroatoms. The zero-order valence-corrected chi connectivity index (χ0v) is 15.6. The molecule has 27 heavy (non-hydrogen) atoms. The second-order valence-corrected chi connectivity index (χ2v) is 7.88. The molecule has 1 aliphatic carbocycles. The summed E-state index contributed by atoms with van der Waals surface area (Å²) in [6, 6.07) is 12.6. The molecule has 1 aliphatic heterocycles. The summed E-state index contributed by atoms with van der Waals surface area (Å²) in [6.45, 7) is 0.777. The van der Waals surface area contributed by atoms with Gasteiger partial charge in [0.25, 0.3) is 5.91 Å². The Morgan fingerprint density at radius 3 is 2.78 bits per heavy atom. The lowest BCUT2D eigenvalue weighted by Crippen LogP contribution is -2.36. The number of carbonyl (C=O) groups is 2. The Bertz CT molecular complexity index is 914. The van der Waals surface area contributed by atoms with Crippen molar-refractivity contribution in [3.8, 4) is 0 Å². The van der Waals surface area contributed by atoms with Gasteiger partial charge < -0.3 is 5.32 Å². The number of hydroxylamine groups is 2. The minimum atomic E-state index is -0.465. The van der Waals surface area contributed by atoms with Crippen LogP contribution in [0.1, 0.15) is 39.9 Å². The number of aryl methyl sites for hydroxylation is 1. The average Bonchev–Trinajstić information content (AvgIpc) is 3.00. The normalized spacial score (nSPS) is 21.0. The SMILES string of the molecule is O=C(c1ccc2c(c1)C[C@@]1(CCNC1=O)CC2)N(O)Cc1cccc(Cl)c1. The van der Waals surface area contributed by atoms with E-state index in [4.69, 9.17) is 11.6 Å². The predicted molar refractivity (Wildman–Crippen MR) is 102 cm³/mol. The summed E-state index contributed by atoms with van der Waals surface area (Å²) < 4.78 is 0. The smallest absolute Gasteiger partial charge is 0.277 e. The van der Waals surface area contributed by atoms with Gasteiger partial charge in [-0.1, -0.05) is 29.8 Å². The molecule has 0 aromatic heterocycles. The first kappa shape index (κ1) is 18.0. The number of amides is 2. The fraction of sp³-hybridized carbons (Fsp3) is 0.333. The lowest BCUT2D eigenvalue weighted by atomic mass is 9.70. The summed E-state index contributed by atoms with van der Waals surface area (Å²) in [5, 5.41) is 14.4. The maximum Gasteiger partial charge on any atom is 0.277 e. The summed E-state index contributed by atoms with van der Waals surface area (Å²) in [5.41, 5.74) is 3.04. The van der Waals surface area contributed by atoms with Gasteiger partial charge in [0, 0.05) is 17.1 Å². The number of hydrogen-bond donors (Lipinski definition) is 2. The molecule has 2 aromatic rings. The van der Waals surface area contributed by atoms with Gasteiger partial charge in [-0.3, -0.25) is 14.8 Å². The van der Waals surface area contributed by atoms with Gasteiger partial charge >= 0.3 is 0 Å². The van der Waals surface area contributed by atoms with E-state index >= 15 is 0 Å². The molecule has 1 spiro atoms. The van der Waals surface area contributed by atoms with Crippen LogP contribution in [-0.4, -0.2) is 28.6 Å². The Kier molecular flexibility index (Phi) is 4.66. The lowest BCUT2D eigenvalue weighted by Gasteiger charge is -2.32. The highest BCUT2D eigenvalue weighted by atomic mass is 35.5. The van der Waals surface area contributed by atoms with E-state index < -0.39 is 5.91 Å². The minimum Gasteiger partial charge on any atom is -0.356 e. The number of nitrogens with zero attached hydrogens (tertiary/aromatic N) is 1. The van der Waals surface area contributed by atoms with Gasteiger partial charge in [-0.25, -0.2) is 5.06 Å². The quantitative estimate of drug-likeness (QED) is 0.629. The highest BCUT2D eigenvalue weighted by molar-refractivity contribution is 6.30. The van der Waals surface area contributed by atoms with Gasteiger partial charge in [-0.05, 0) is 66.6 Å². The van der Waals surface area contributed by atoms with Crippen molar-refractivity contribution >= 4 is 23.4 Å². The maximum absolute atomic E-state index is 12.7. The van der Waals surface area contributed by atoms with Crippen LogP contribution in [0.4, 0.5) is 0 Å². The molecule has 4 rings (SSSR count). The lowest BCUT2D eigenvalue weighted by molar-refractivity contribution is -0.128. The Hall–Kier alpha value is -2.37. The molecule has 2 aliphatic rings. The van der Waals surface area contributed by atoms with E-state index in [1.54, 1.807) is 30.3 Å². The Labute approximate surface area is 162 Å². The van der Waals surface area contributed by atoms with Crippen molar-refractivity contribution in [1.29, 1.82) is 0 Å². The zero-order valence-electron chi connectivity index (χ0n) is 14.9. The van der Waals surface area contributed by atoms with Crippen LogP contribution in [0.5, 0.6) is 0 Å². The maximum atomic E-state index is 12.7. The Morgan fingerprint density at radius 1 is 1.19 bits per heavy atom. The number of fused-ring (bicyclic) bond motifs is 1. The third kappa shape index (κ3) is 3.45. The molecule has 0 radical (unpaired) electrons. The Balaban J connectivity index is 1.53. The number of hydrogen-bond acceptors (Lipinski definition) is 3. The summed E-state index contributed by atoms with van der Waals surface area (Å²) in [7, 11) is 0. The Morgan fingerprint density at radius 2 is 2.04 bits per heavy atom. The molecule has 1 atom stereocenters. The average molecular weight is 385 g/mol. The van der Waals surface area contributed by atoms with Crippen molar-refractivity contribution in [2.24, 2.45) is 5.41 Å². The van der Waals surface area contributed by atoms with Crippen LogP contribution in [0.3, 0.4) is 0 Å². The van der Waals surface area contributed by atoms with E-state index in [0.717, 1.165) is 36.9 Å². The fourth-order valence-electron chi connectivity index (χ4n) is 4.15. The van der Waals surface area contributed by atoms with E-state index in [-0.39, 0.29) is 17.9 Å². The van der Waals surface area contributed by atoms with E-state index in [1.807, 2.05) is 12.1 Å². The number of halogens is 1.